The molecule has 1 N–H and O–H groups in total. The molecule has 1 saturated heterocycles. The molecular weight excluding hydrogens is 458 g/mol. The van der Waals surface area contributed by atoms with Crippen molar-refractivity contribution in [3.8, 4) is 17.2 Å². The first kappa shape index (κ1) is 23.9. The van der Waals surface area contributed by atoms with Crippen molar-refractivity contribution >= 4 is 17.2 Å². The molecule has 0 bridgehead atoms. The highest BCUT2D eigenvalue weighted by Crippen LogP contribution is 2.42. The van der Waals surface area contributed by atoms with Crippen LogP contribution in [0.3, 0.4) is 0 Å². The second-order valence-electron chi connectivity index (χ2n) is 7.92. The first-order valence-corrected chi connectivity index (χ1v) is 11.2. The second-order valence-corrected chi connectivity index (χ2v) is 8.31. The summed E-state index contributed by atoms with van der Waals surface area (Å²) in [5.74, 6) is 0.785. The van der Waals surface area contributed by atoms with Crippen LogP contribution in [0.25, 0.3) is 0 Å². The van der Waals surface area contributed by atoms with E-state index in [2.05, 4.69) is 10.2 Å². The summed E-state index contributed by atoms with van der Waals surface area (Å²) < 4.78 is 44.2. The summed E-state index contributed by atoms with van der Waals surface area (Å²) in [6.45, 7) is 1.76. The second kappa shape index (κ2) is 9.95. The van der Waals surface area contributed by atoms with Crippen molar-refractivity contribution in [3.63, 3.8) is 0 Å². The van der Waals surface area contributed by atoms with Crippen LogP contribution in [0.5, 0.6) is 17.2 Å². The Morgan fingerprint density at radius 1 is 0.853 bits per heavy atom. The highest BCUT2D eigenvalue weighted by Gasteiger charge is 2.44. The molecule has 3 aromatic carbocycles. The number of benzene rings is 3. The van der Waals surface area contributed by atoms with E-state index in [1.54, 1.807) is 45.6 Å². The summed E-state index contributed by atoms with van der Waals surface area (Å²) in [5.41, 5.74) is 1.59. The molecule has 0 unspecified atom stereocenters. The number of rotatable bonds is 6. The van der Waals surface area contributed by atoms with Crippen molar-refractivity contribution in [1.82, 2.24) is 10.2 Å². The van der Waals surface area contributed by atoms with Crippen molar-refractivity contribution in [3.05, 3.63) is 89.0 Å². The SMILES string of the molecule is COc1cc(C(=S)N2CCNCC2(c2ccc(F)cc2)c2ccc(F)cc2)cc(OC)c1OC. The van der Waals surface area contributed by atoms with E-state index in [0.717, 1.165) is 11.1 Å². The molecular formula is C26H26F2N2O3S. The van der Waals surface area contributed by atoms with Crippen LogP contribution in [0.1, 0.15) is 16.7 Å². The fraction of sp³-hybridized carbons (Fsp3) is 0.269. The predicted molar refractivity (Wildman–Crippen MR) is 131 cm³/mol. The van der Waals surface area contributed by atoms with E-state index in [1.807, 2.05) is 12.1 Å². The van der Waals surface area contributed by atoms with Crippen molar-refractivity contribution < 1.29 is 23.0 Å². The summed E-state index contributed by atoms with van der Waals surface area (Å²) in [6.07, 6.45) is 0. The third-order valence-corrected chi connectivity index (χ3v) is 6.61. The Balaban J connectivity index is 1.90. The third kappa shape index (κ3) is 4.19. The van der Waals surface area contributed by atoms with Gasteiger partial charge >= 0.3 is 0 Å². The van der Waals surface area contributed by atoms with Crippen LogP contribution >= 0.6 is 12.2 Å². The number of nitrogens with one attached hydrogen (secondary N) is 1. The van der Waals surface area contributed by atoms with Gasteiger partial charge in [0.15, 0.2) is 11.5 Å². The minimum atomic E-state index is -0.795. The number of hydrogen-bond acceptors (Lipinski definition) is 5. The Kier molecular flexibility index (Phi) is 7.00. The standard InChI is InChI=1S/C26H26F2N2O3S/c1-31-22-14-17(15-23(32-2)24(22)33-3)25(34)30-13-12-29-16-26(30,18-4-8-20(27)9-5-18)19-6-10-21(28)11-7-19/h4-11,14-15,29H,12-13,16H2,1-3H3. The van der Waals surface area contributed by atoms with Crippen LogP contribution in [-0.4, -0.2) is 50.9 Å². The molecule has 3 aromatic rings. The molecule has 0 spiro atoms. The van der Waals surface area contributed by atoms with Crippen LogP contribution in [0.4, 0.5) is 8.78 Å². The summed E-state index contributed by atoms with van der Waals surface area (Å²) in [4.78, 5) is 2.65. The van der Waals surface area contributed by atoms with Gasteiger partial charge in [-0.15, -0.1) is 0 Å². The first-order chi connectivity index (χ1) is 16.4. The fourth-order valence-electron chi connectivity index (χ4n) is 4.52. The normalized spacial score (nSPS) is 15.0. The molecule has 34 heavy (non-hydrogen) atoms. The van der Waals surface area contributed by atoms with Gasteiger partial charge in [0.2, 0.25) is 5.75 Å². The van der Waals surface area contributed by atoms with E-state index in [9.17, 15) is 8.78 Å². The molecule has 4 rings (SSSR count). The highest BCUT2D eigenvalue weighted by molar-refractivity contribution is 7.80. The maximum atomic E-state index is 13.8. The van der Waals surface area contributed by atoms with Crippen LogP contribution in [0, 0.1) is 11.6 Å². The lowest BCUT2D eigenvalue weighted by Crippen LogP contribution is -2.61. The van der Waals surface area contributed by atoms with Crippen molar-refractivity contribution in [2.75, 3.05) is 41.0 Å². The van der Waals surface area contributed by atoms with Crippen LogP contribution in [0.2, 0.25) is 0 Å². The van der Waals surface area contributed by atoms with Gasteiger partial charge in [-0.25, -0.2) is 8.78 Å². The minimum absolute atomic E-state index is 0.333. The van der Waals surface area contributed by atoms with Gasteiger partial charge in [0.25, 0.3) is 0 Å². The molecule has 0 radical (unpaired) electrons. The highest BCUT2D eigenvalue weighted by atomic mass is 32.1. The topological polar surface area (TPSA) is 43.0 Å². The Morgan fingerprint density at radius 2 is 1.35 bits per heavy atom. The summed E-state index contributed by atoms with van der Waals surface area (Å²) in [5, 5.41) is 3.44. The molecule has 1 aliphatic rings. The van der Waals surface area contributed by atoms with Gasteiger partial charge in [-0.1, -0.05) is 36.5 Å². The maximum Gasteiger partial charge on any atom is 0.203 e. The van der Waals surface area contributed by atoms with Crippen LogP contribution < -0.4 is 19.5 Å². The Hall–Kier alpha value is -3.23. The molecule has 0 saturated carbocycles. The molecule has 1 fully saturated rings. The quantitative estimate of drug-likeness (QED) is 0.520. The van der Waals surface area contributed by atoms with Crippen molar-refractivity contribution in [2.45, 2.75) is 5.54 Å². The Morgan fingerprint density at radius 3 is 1.79 bits per heavy atom. The maximum absolute atomic E-state index is 13.8. The predicted octanol–water partition coefficient (Wildman–Crippen LogP) is 4.52. The number of ether oxygens (including phenoxy) is 3. The van der Waals surface area contributed by atoms with Crippen molar-refractivity contribution in [2.24, 2.45) is 0 Å². The zero-order valence-electron chi connectivity index (χ0n) is 19.2. The van der Waals surface area contributed by atoms with Crippen LogP contribution in [-0.2, 0) is 5.54 Å². The lowest BCUT2D eigenvalue weighted by molar-refractivity contribution is 0.179. The van der Waals surface area contributed by atoms with Gasteiger partial charge in [0.1, 0.15) is 22.2 Å². The van der Waals surface area contributed by atoms with E-state index in [-0.39, 0.29) is 11.6 Å². The number of piperazine rings is 1. The van der Waals surface area contributed by atoms with Gasteiger partial charge in [0, 0.05) is 25.2 Å². The van der Waals surface area contributed by atoms with Gasteiger partial charge in [-0.3, -0.25) is 0 Å². The monoisotopic (exact) mass is 484 g/mol. The van der Waals surface area contributed by atoms with E-state index in [0.29, 0.717) is 47.4 Å². The zero-order valence-corrected chi connectivity index (χ0v) is 20.0. The number of thiocarbonyl (C=S) groups is 1. The third-order valence-electron chi connectivity index (χ3n) is 6.15. The molecule has 0 aliphatic carbocycles. The number of nitrogens with zero attached hydrogens (tertiary/aromatic N) is 1. The van der Waals surface area contributed by atoms with E-state index >= 15 is 0 Å². The molecule has 0 aromatic heterocycles. The van der Waals surface area contributed by atoms with E-state index < -0.39 is 5.54 Å². The van der Waals surface area contributed by atoms with Crippen LogP contribution in [0.15, 0.2) is 60.7 Å². The number of halogens is 2. The molecule has 8 heteroatoms. The van der Waals surface area contributed by atoms with Gasteiger partial charge in [-0.2, -0.15) is 0 Å². The molecule has 178 valence electrons. The van der Waals surface area contributed by atoms with Crippen molar-refractivity contribution in [1.29, 1.82) is 0 Å². The van der Waals surface area contributed by atoms with Gasteiger partial charge < -0.3 is 24.4 Å². The van der Waals surface area contributed by atoms with E-state index in [4.69, 9.17) is 26.4 Å². The lowest BCUT2D eigenvalue weighted by atomic mass is 9.79. The lowest BCUT2D eigenvalue weighted by Gasteiger charge is -2.50. The smallest absolute Gasteiger partial charge is 0.203 e. The molecule has 0 atom stereocenters. The van der Waals surface area contributed by atoms with E-state index in [1.165, 1.54) is 24.3 Å². The minimum Gasteiger partial charge on any atom is -0.493 e. The summed E-state index contributed by atoms with van der Waals surface area (Å²) >= 11 is 6.03. The first-order valence-electron chi connectivity index (χ1n) is 10.8. The number of methoxy groups -OCH3 is 3. The average Bonchev–Trinajstić information content (AvgIpc) is 2.88. The average molecular weight is 485 g/mol. The zero-order chi connectivity index (χ0) is 24.3. The Bertz CT molecular complexity index is 1100. The Labute approximate surface area is 203 Å². The summed E-state index contributed by atoms with van der Waals surface area (Å²) in [6, 6.07) is 16.3. The molecule has 1 aliphatic heterocycles. The van der Waals surface area contributed by atoms with Gasteiger partial charge in [-0.05, 0) is 47.5 Å². The number of hydrogen-bond donors (Lipinski definition) is 1. The molecule has 1 heterocycles. The molecule has 0 amide bonds. The fourth-order valence-corrected chi connectivity index (χ4v) is 4.88. The largest absolute Gasteiger partial charge is 0.493 e. The molecule has 5 nitrogen and oxygen atoms in total. The van der Waals surface area contributed by atoms with Gasteiger partial charge in [0.05, 0.1) is 21.3 Å². The summed E-state index contributed by atoms with van der Waals surface area (Å²) in [7, 11) is 4.65.